The van der Waals surface area contributed by atoms with Crippen LogP contribution in [0.1, 0.15) is 11.1 Å². The molecule has 0 aliphatic heterocycles. The summed E-state index contributed by atoms with van der Waals surface area (Å²) in [4.78, 5) is 0. The highest BCUT2D eigenvalue weighted by Crippen LogP contribution is 2.35. The molecule has 2 rings (SSSR count). The number of hydrogen-bond donors (Lipinski definition) is 2. The van der Waals surface area contributed by atoms with Crippen LogP contribution in [-0.4, -0.2) is 0 Å². The fraction of sp³-hybridized carbons (Fsp3) is 0.0714. The molecule has 21 heavy (non-hydrogen) atoms. The monoisotopic (exact) mass is 311 g/mol. The normalized spacial score (nSPS) is 11.0. The molecule has 0 saturated carbocycles. The molecule has 0 radical (unpaired) electrons. The predicted molar refractivity (Wildman–Crippen MR) is 75.3 cm³/mol. The maximum absolute atomic E-state index is 12.9. The summed E-state index contributed by atoms with van der Waals surface area (Å²) < 4.78 is 38.6. The van der Waals surface area contributed by atoms with Gasteiger partial charge in [-0.2, -0.15) is 18.4 Å². The van der Waals surface area contributed by atoms with Crippen LogP contribution in [0.2, 0.25) is 5.02 Å². The third-order valence-corrected chi connectivity index (χ3v) is 3.03. The van der Waals surface area contributed by atoms with Gasteiger partial charge in [0.2, 0.25) is 0 Å². The lowest BCUT2D eigenvalue weighted by atomic mass is 10.1. The fourth-order valence-corrected chi connectivity index (χ4v) is 1.98. The summed E-state index contributed by atoms with van der Waals surface area (Å²) in [6, 6.07) is 9.49. The summed E-state index contributed by atoms with van der Waals surface area (Å²) in [5.41, 5.74) is 5.15. The van der Waals surface area contributed by atoms with Crippen molar-refractivity contribution in [1.29, 1.82) is 5.26 Å². The second-order valence-electron chi connectivity index (χ2n) is 4.23. The van der Waals surface area contributed by atoms with Crippen LogP contribution in [0.5, 0.6) is 0 Å². The number of anilines is 3. The highest BCUT2D eigenvalue weighted by molar-refractivity contribution is 6.33. The van der Waals surface area contributed by atoms with Crippen molar-refractivity contribution in [1.82, 2.24) is 0 Å². The Bertz CT molecular complexity index is 720. The molecule has 0 amide bonds. The van der Waals surface area contributed by atoms with Crippen molar-refractivity contribution < 1.29 is 13.2 Å². The number of hydrogen-bond acceptors (Lipinski definition) is 3. The van der Waals surface area contributed by atoms with Gasteiger partial charge in [-0.1, -0.05) is 11.6 Å². The van der Waals surface area contributed by atoms with Gasteiger partial charge in [0.05, 0.1) is 27.9 Å². The van der Waals surface area contributed by atoms with E-state index in [-0.39, 0.29) is 10.7 Å². The Labute approximate surface area is 123 Å². The van der Waals surface area contributed by atoms with E-state index in [1.807, 2.05) is 0 Å². The summed E-state index contributed by atoms with van der Waals surface area (Å²) in [5, 5.41) is 11.8. The topological polar surface area (TPSA) is 61.8 Å². The first-order chi connectivity index (χ1) is 9.81. The molecule has 0 atom stereocenters. The van der Waals surface area contributed by atoms with Crippen molar-refractivity contribution in [2.45, 2.75) is 6.18 Å². The van der Waals surface area contributed by atoms with Gasteiger partial charge in [0.15, 0.2) is 0 Å². The molecule has 108 valence electrons. The molecular weight excluding hydrogens is 303 g/mol. The van der Waals surface area contributed by atoms with Crippen LogP contribution in [0.4, 0.5) is 30.2 Å². The quantitative estimate of drug-likeness (QED) is 0.799. The van der Waals surface area contributed by atoms with Gasteiger partial charge in [-0.05, 0) is 36.4 Å². The average molecular weight is 312 g/mol. The molecule has 3 N–H and O–H groups in total. The van der Waals surface area contributed by atoms with Crippen molar-refractivity contribution >= 4 is 28.7 Å². The molecule has 0 unspecified atom stereocenters. The van der Waals surface area contributed by atoms with Crippen LogP contribution < -0.4 is 11.1 Å². The Morgan fingerprint density at radius 2 is 1.86 bits per heavy atom. The maximum Gasteiger partial charge on any atom is 0.417 e. The molecule has 0 aliphatic rings. The Hall–Kier alpha value is -2.39. The van der Waals surface area contributed by atoms with Crippen molar-refractivity contribution in [3.63, 3.8) is 0 Å². The van der Waals surface area contributed by atoms with Gasteiger partial charge < -0.3 is 11.1 Å². The number of halogens is 4. The molecule has 0 spiro atoms. The van der Waals surface area contributed by atoms with Gasteiger partial charge in [0.1, 0.15) is 0 Å². The molecule has 3 nitrogen and oxygen atoms in total. The van der Waals surface area contributed by atoms with Crippen LogP contribution in [0.15, 0.2) is 36.4 Å². The Kier molecular flexibility index (Phi) is 3.96. The number of nitriles is 1. The van der Waals surface area contributed by atoms with E-state index < -0.39 is 17.3 Å². The van der Waals surface area contributed by atoms with Gasteiger partial charge >= 0.3 is 6.18 Å². The van der Waals surface area contributed by atoms with E-state index in [0.29, 0.717) is 11.4 Å². The second-order valence-corrected chi connectivity index (χ2v) is 4.64. The van der Waals surface area contributed by atoms with Gasteiger partial charge in [-0.15, -0.1) is 0 Å². The first kappa shape index (κ1) is 15.0. The average Bonchev–Trinajstić information content (AvgIpc) is 2.41. The van der Waals surface area contributed by atoms with Crippen LogP contribution in [0.25, 0.3) is 0 Å². The smallest absolute Gasteiger partial charge is 0.399 e. The number of alkyl halides is 3. The molecular formula is C14H9ClF3N3. The van der Waals surface area contributed by atoms with Crippen molar-refractivity contribution in [2.24, 2.45) is 0 Å². The zero-order valence-electron chi connectivity index (χ0n) is 10.5. The summed E-state index contributed by atoms with van der Waals surface area (Å²) in [7, 11) is 0. The second kappa shape index (κ2) is 5.54. The van der Waals surface area contributed by atoms with Gasteiger partial charge in [-0.25, -0.2) is 0 Å². The summed E-state index contributed by atoms with van der Waals surface area (Å²) >= 11 is 5.95. The molecule has 0 aliphatic carbocycles. The third-order valence-electron chi connectivity index (χ3n) is 2.72. The van der Waals surface area contributed by atoms with E-state index in [0.717, 1.165) is 12.1 Å². The van der Waals surface area contributed by atoms with E-state index in [1.54, 1.807) is 12.1 Å². The molecule has 2 aromatic rings. The molecule has 7 heteroatoms. The molecule has 2 aromatic carbocycles. The highest BCUT2D eigenvalue weighted by atomic mass is 35.5. The van der Waals surface area contributed by atoms with E-state index in [9.17, 15) is 13.2 Å². The molecule has 0 saturated heterocycles. The first-order valence-corrected chi connectivity index (χ1v) is 6.12. The molecule has 0 bridgehead atoms. The SMILES string of the molecule is N#Cc1ccc(Nc2ccc(N)cc2Cl)cc1C(F)(F)F. The number of nitrogens with zero attached hydrogens (tertiary/aromatic N) is 1. The summed E-state index contributed by atoms with van der Waals surface area (Å²) in [5.74, 6) is 0. The minimum atomic E-state index is -4.60. The van der Waals surface area contributed by atoms with Crippen molar-refractivity contribution in [3.05, 3.63) is 52.5 Å². The minimum absolute atomic E-state index is 0.174. The van der Waals surface area contributed by atoms with Gasteiger partial charge in [-0.3, -0.25) is 0 Å². The standard InChI is InChI=1S/C14H9ClF3N3/c15-12-5-9(20)2-4-13(12)21-10-3-1-8(7-19)11(6-10)14(16,17)18/h1-6,21H,20H2. The number of nitrogens with one attached hydrogen (secondary N) is 1. The van der Waals surface area contributed by atoms with E-state index in [4.69, 9.17) is 22.6 Å². The number of rotatable bonds is 2. The largest absolute Gasteiger partial charge is 0.417 e. The highest BCUT2D eigenvalue weighted by Gasteiger charge is 2.33. The van der Waals surface area contributed by atoms with Crippen LogP contribution in [0.3, 0.4) is 0 Å². The van der Waals surface area contributed by atoms with Gasteiger partial charge in [0.25, 0.3) is 0 Å². The van der Waals surface area contributed by atoms with E-state index >= 15 is 0 Å². The molecule has 0 heterocycles. The lowest BCUT2D eigenvalue weighted by Gasteiger charge is -2.13. The summed E-state index contributed by atoms with van der Waals surface area (Å²) in [6.07, 6.45) is -4.60. The third kappa shape index (κ3) is 3.38. The first-order valence-electron chi connectivity index (χ1n) is 5.74. The Morgan fingerprint density at radius 3 is 2.43 bits per heavy atom. The molecule has 0 aromatic heterocycles. The van der Waals surface area contributed by atoms with E-state index in [2.05, 4.69) is 5.32 Å². The summed E-state index contributed by atoms with van der Waals surface area (Å²) in [6.45, 7) is 0. The van der Waals surface area contributed by atoms with Crippen LogP contribution >= 0.6 is 11.6 Å². The van der Waals surface area contributed by atoms with Crippen LogP contribution in [-0.2, 0) is 6.18 Å². The minimum Gasteiger partial charge on any atom is -0.399 e. The lowest BCUT2D eigenvalue weighted by Crippen LogP contribution is -2.08. The zero-order valence-corrected chi connectivity index (χ0v) is 11.3. The fourth-order valence-electron chi connectivity index (χ4n) is 1.74. The van der Waals surface area contributed by atoms with E-state index in [1.165, 1.54) is 18.2 Å². The van der Waals surface area contributed by atoms with Crippen LogP contribution in [0, 0.1) is 11.3 Å². The van der Waals surface area contributed by atoms with Crippen molar-refractivity contribution in [3.8, 4) is 6.07 Å². The van der Waals surface area contributed by atoms with Crippen molar-refractivity contribution in [2.75, 3.05) is 11.1 Å². The molecule has 0 fully saturated rings. The predicted octanol–water partition coefficient (Wildman–Crippen LogP) is 4.56. The number of nitrogen functional groups attached to an aromatic ring is 1. The Morgan fingerprint density at radius 1 is 1.14 bits per heavy atom. The lowest BCUT2D eigenvalue weighted by molar-refractivity contribution is -0.137. The number of benzene rings is 2. The maximum atomic E-state index is 12.9. The number of nitrogens with two attached hydrogens (primary N) is 1. The van der Waals surface area contributed by atoms with Gasteiger partial charge in [0, 0.05) is 11.4 Å². The Balaban J connectivity index is 2.40. The zero-order chi connectivity index (χ0) is 15.6.